The molecule has 0 unspecified atom stereocenters. The largest absolute Gasteiger partial charge is 0.309 e. The van der Waals surface area contributed by atoms with Gasteiger partial charge in [0.1, 0.15) is 0 Å². The second-order valence-electron chi connectivity index (χ2n) is 17.7. The fourth-order valence-electron chi connectivity index (χ4n) is 11.7. The summed E-state index contributed by atoms with van der Waals surface area (Å²) in [5.74, 6) is 0. The molecule has 0 bridgehead atoms. The first-order chi connectivity index (χ1) is 31.6. The van der Waals surface area contributed by atoms with Crippen molar-refractivity contribution < 1.29 is 0 Å². The molecule has 10 aromatic carbocycles. The van der Waals surface area contributed by atoms with E-state index in [9.17, 15) is 0 Å². The van der Waals surface area contributed by atoms with Gasteiger partial charge in [0.2, 0.25) is 0 Å². The zero-order valence-electron chi connectivity index (χ0n) is 35.5. The summed E-state index contributed by atoms with van der Waals surface area (Å²) in [5.41, 5.74) is 22.2. The maximum atomic E-state index is 2.49. The van der Waals surface area contributed by atoms with Crippen molar-refractivity contribution in [2.75, 3.05) is 0 Å². The van der Waals surface area contributed by atoms with Gasteiger partial charge >= 0.3 is 0 Å². The normalized spacial score (nSPS) is 13.2. The Bertz CT molecular complexity index is 3520. The molecule has 1 spiro atoms. The van der Waals surface area contributed by atoms with Gasteiger partial charge in [-0.1, -0.05) is 206 Å². The minimum Gasteiger partial charge on any atom is -0.309 e. The Hall–Kier alpha value is -8.00. The van der Waals surface area contributed by atoms with Crippen molar-refractivity contribution in [2.24, 2.45) is 0 Å². The van der Waals surface area contributed by atoms with Crippen LogP contribution in [0.1, 0.15) is 45.9 Å². The lowest BCUT2D eigenvalue weighted by atomic mass is 9.69. The van der Waals surface area contributed by atoms with Gasteiger partial charge in [-0.15, -0.1) is 0 Å². The fraction of sp³-hybridized carbons (Fsp3) is 0.0476. The zero-order chi connectivity index (χ0) is 42.4. The van der Waals surface area contributed by atoms with E-state index in [2.05, 4.69) is 254 Å². The molecule has 0 amide bonds. The minimum atomic E-state index is -0.398. The monoisotopic (exact) mass is 813 g/mol. The number of hydrogen-bond donors (Lipinski definition) is 0. The molecule has 0 radical (unpaired) electrons. The van der Waals surface area contributed by atoms with Crippen molar-refractivity contribution in [1.82, 2.24) is 4.57 Å². The summed E-state index contributed by atoms with van der Waals surface area (Å²) in [6, 6.07) is 90.3. The van der Waals surface area contributed by atoms with Crippen molar-refractivity contribution in [3.8, 4) is 50.2 Å². The smallest absolute Gasteiger partial charge is 0.0726 e. The van der Waals surface area contributed by atoms with Gasteiger partial charge in [-0.25, -0.2) is 0 Å². The highest BCUT2D eigenvalue weighted by molar-refractivity contribution is 6.10. The van der Waals surface area contributed by atoms with Crippen LogP contribution in [0.5, 0.6) is 0 Å². The van der Waals surface area contributed by atoms with Crippen LogP contribution >= 0.6 is 0 Å². The molecule has 13 rings (SSSR count). The highest BCUT2D eigenvalue weighted by Crippen LogP contribution is 2.63. The van der Waals surface area contributed by atoms with Crippen LogP contribution in [0.15, 0.2) is 243 Å². The molecule has 1 heteroatoms. The molecule has 0 fully saturated rings. The number of fused-ring (bicyclic) bond motifs is 13. The Morgan fingerprint density at radius 2 is 0.828 bits per heavy atom. The van der Waals surface area contributed by atoms with Crippen molar-refractivity contribution in [1.29, 1.82) is 0 Å². The number of hydrogen-bond acceptors (Lipinski definition) is 0. The zero-order valence-corrected chi connectivity index (χ0v) is 35.5. The number of aromatic nitrogens is 1. The van der Waals surface area contributed by atoms with Gasteiger partial charge in [0.25, 0.3) is 0 Å². The number of benzene rings is 10. The molecule has 0 N–H and O–H groups in total. The topological polar surface area (TPSA) is 4.93 Å². The average Bonchev–Trinajstić information content (AvgIpc) is 3.98. The predicted octanol–water partition coefficient (Wildman–Crippen LogP) is 15.8. The summed E-state index contributed by atoms with van der Waals surface area (Å²) in [7, 11) is 0. The molecule has 0 saturated heterocycles. The van der Waals surface area contributed by atoms with Crippen molar-refractivity contribution in [3.05, 3.63) is 282 Å². The highest BCUT2D eigenvalue weighted by atomic mass is 15.0. The molecular weight excluding hydrogens is 771 g/mol. The van der Waals surface area contributed by atoms with Gasteiger partial charge in [-0.2, -0.15) is 0 Å². The van der Waals surface area contributed by atoms with Gasteiger partial charge in [0, 0.05) is 21.9 Å². The SMILES string of the molecule is CC(c1ccccc1)(c1ccccc1)c1ccccc1-c1cccc(-c2ccc3c(c2)c2ccccc2n3-c2ccc3c(c2)C2(c4ccccc4-c4ccccc42)c2ccccc2-3)c1. The number of para-hydroxylation sites is 1. The summed E-state index contributed by atoms with van der Waals surface area (Å²) < 4.78 is 2.48. The Morgan fingerprint density at radius 3 is 1.48 bits per heavy atom. The lowest BCUT2D eigenvalue weighted by Crippen LogP contribution is -2.26. The maximum absolute atomic E-state index is 2.49. The van der Waals surface area contributed by atoms with Gasteiger partial charge in [0.05, 0.1) is 16.4 Å². The van der Waals surface area contributed by atoms with Gasteiger partial charge in [-0.3, -0.25) is 0 Å². The summed E-state index contributed by atoms with van der Waals surface area (Å²) in [4.78, 5) is 0. The van der Waals surface area contributed by atoms with Crippen LogP contribution in [0.3, 0.4) is 0 Å². The third kappa shape index (κ3) is 5.07. The molecule has 0 saturated carbocycles. The van der Waals surface area contributed by atoms with Crippen LogP contribution in [-0.2, 0) is 10.8 Å². The number of rotatable bonds is 6. The van der Waals surface area contributed by atoms with E-state index >= 15 is 0 Å². The molecule has 0 aliphatic heterocycles. The quantitative estimate of drug-likeness (QED) is 0.147. The first-order valence-corrected chi connectivity index (χ1v) is 22.4. The Kier molecular flexibility index (Phi) is 8.02. The first-order valence-electron chi connectivity index (χ1n) is 22.4. The van der Waals surface area contributed by atoms with Crippen LogP contribution in [0, 0.1) is 0 Å². The molecule has 1 nitrogen and oxygen atoms in total. The van der Waals surface area contributed by atoms with E-state index in [1.807, 2.05) is 0 Å². The molecule has 300 valence electrons. The summed E-state index contributed by atoms with van der Waals surface area (Å²) in [5, 5.41) is 2.49. The Balaban J connectivity index is 0.963. The molecule has 0 atom stereocenters. The number of nitrogens with zero attached hydrogens (tertiary/aromatic N) is 1. The first kappa shape index (κ1) is 36.6. The minimum absolute atomic E-state index is 0.361. The summed E-state index contributed by atoms with van der Waals surface area (Å²) >= 11 is 0. The molecule has 2 aliphatic carbocycles. The van der Waals surface area contributed by atoms with Crippen LogP contribution in [0.4, 0.5) is 0 Å². The van der Waals surface area contributed by atoms with E-state index < -0.39 is 5.41 Å². The molecule has 11 aromatic rings. The van der Waals surface area contributed by atoms with Crippen LogP contribution in [0.25, 0.3) is 72.0 Å². The Morgan fingerprint density at radius 1 is 0.328 bits per heavy atom. The lowest BCUT2D eigenvalue weighted by molar-refractivity contribution is 0.694. The van der Waals surface area contributed by atoms with Crippen LogP contribution in [-0.4, -0.2) is 4.57 Å². The van der Waals surface area contributed by atoms with Gasteiger partial charge in [-0.05, 0) is 127 Å². The van der Waals surface area contributed by atoms with E-state index in [1.54, 1.807) is 0 Å². The van der Waals surface area contributed by atoms with Crippen molar-refractivity contribution in [3.63, 3.8) is 0 Å². The van der Waals surface area contributed by atoms with E-state index in [-0.39, 0.29) is 5.41 Å². The predicted molar refractivity (Wildman–Crippen MR) is 266 cm³/mol. The molecular formula is C63H43N. The van der Waals surface area contributed by atoms with Crippen LogP contribution < -0.4 is 0 Å². The molecule has 64 heavy (non-hydrogen) atoms. The van der Waals surface area contributed by atoms with Gasteiger partial charge in [0.15, 0.2) is 0 Å². The maximum Gasteiger partial charge on any atom is 0.0726 e. The van der Waals surface area contributed by atoms with E-state index in [0.29, 0.717) is 0 Å². The lowest BCUT2D eigenvalue weighted by Gasteiger charge is -2.34. The highest BCUT2D eigenvalue weighted by Gasteiger charge is 2.51. The van der Waals surface area contributed by atoms with Gasteiger partial charge < -0.3 is 4.57 Å². The fourth-order valence-corrected chi connectivity index (χ4v) is 11.7. The van der Waals surface area contributed by atoms with Crippen LogP contribution in [0.2, 0.25) is 0 Å². The summed E-state index contributed by atoms with van der Waals surface area (Å²) in [6.07, 6.45) is 0. The van der Waals surface area contributed by atoms with E-state index in [4.69, 9.17) is 0 Å². The molecule has 2 aliphatic rings. The Labute approximate surface area is 374 Å². The second kappa shape index (κ2) is 14.0. The third-order valence-corrected chi connectivity index (χ3v) is 14.6. The van der Waals surface area contributed by atoms with Crippen molar-refractivity contribution in [2.45, 2.75) is 17.8 Å². The third-order valence-electron chi connectivity index (χ3n) is 14.6. The second-order valence-corrected chi connectivity index (χ2v) is 17.7. The van der Waals surface area contributed by atoms with E-state index in [1.165, 1.54) is 111 Å². The van der Waals surface area contributed by atoms with E-state index in [0.717, 1.165) is 0 Å². The molecule has 1 aromatic heterocycles. The average molecular weight is 814 g/mol. The molecule has 1 heterocycles. The standard InChI is InChI=1S/C63H43N/c1-62(45-21-4-2-5-22-45,46-23-6-3-7-24-46)55-30-13-8-25-48(55)44-20-18-19-42(39-44)43-35-38-61-54(40-43)53-29-12-17-34-60(53)64(61)47-36-37-52-51-28-11-16-33-58(51)63(59(52)41-47)56-31-14-9-26-49(56)50-27-10-15-32-57(50)63/h2-41H,1H3. The van der Waals surface area contributed by atoms with Crippen molar-refractivity contribution >= 4 is 21.8 Å². The summed E-state index contributed by atoms with van der Waals surface area (Å²) in [6.45, 7) is 2.37.